The molecule has 0 spiro atoms. The summed E-state index contributed by atoms with van der Waals surface area (Å²) in [7, 11) is 0. The molecule has 0 heterocycles. The summed E-state index contributed by atoms with van der Waals surface area (Å²) in [5, 5.41) is 0. The highest BCUT2D eigenvalue weighted by Gasteiger charge is 2.52. The molecule has 0 nitrogen and oxygen atoms in total. The monoisotopic (exact) mass is 496 g/mol. The van der Waals surface area contributed by atoms with Crippen LogP contribution >= 0.6 is 0 Å². The molecule has 0 aromatic heterocycles. The van der Waals surface area contributed by atoms with Gasteiger partial charge in [0.2, 0.25) is 11.6 Å². The van der Waals surface area contributed by atoms with Crippen LogP contribution in [0.3, 0.4) is 0 Å². The molecule has 2 rings (SSSR count). The van der Waals surface area contributed by atoms with Gasteiger partial charge in [-0.1, -0.05) is 0 Å². The Morgan fingerprint density at radius 2 is 0.469 bits per heavy atom. The number of rotatable bonds is 2. The van der Waals surface area contributed by atoms with E-state index in [0.29, 0.717) is 0 Å². The van der Waals surface area contributed by atoms with Crippen molar-refractivity contribution in [2.45, 2.75) is 12.4 Å². The van der Waals surface area contributed by atoms with Gasteiger partial charge in [-0.3, -0.25) is 0 Å². The van der Waals surface area contributed by atoms with Gasteiger partial charge in [0.25, 0.3) is 0 Å². The molecule has 0 aliphatic heterocycles. The Labute approximate surface area is 164 Å². The van der Waals surface area contributed by atoms with E-state index in [9.17, 15) is 70.2 Å². The minimum atomic E-state index is -6.82. The maximum atomic E-state index is 13.9. The average Bonchev–Trinajstić information content (AvgIpc) is 2.67. The van der Waals surface area contributed by atoms with E-state index in [1.54, 1.807) is 0 Å². The lowest BCUT2D eigenvalue weighted by molar-refractivity contribution is -0.0834. The molecule has 0 bridgehead atoms. The first kappa shape index (κ1) is 25.3. The van der Waals surface area contributed by atoms with Crippen LogP contribution in [0.1, 0.15) is 11.1 Å². The summed E-state index contributed by atoms with van der Waals surface area (Å²) in [6, 6.07) is 0. The van der Waals surface area contributed by atoms with Gasteiger partial charge in [0.05, 0.1) is 22.3 Å². The van der Waals surface area contributed by atoms with Crippen molar-refractivity contribution in [2.24, 2.45) is 0 Å². The fraction of sp³-hybridized carbons (Fsp3) is 0.125. The fourth-order valence-corrected chi connectivity index (χ4v) is 2.47. The van der Waals surface area contributed by atoms with Crippen molar-refractivity contribution in [3.8, 4) is 0 Å². The van der Waals surface area contributed by atoms with Gasteiger partial charge in [0.15, 0.2) is 46.5 Å². The van der Waals surface area contributed by atoms with E-state index < -0.39 is 92.8 Å². The fourth-order valence-electron chi connectivity index (χ4n) is 2.47. The second-order valence-electron chi connectivity index (χ2n) is 5.64. The van der Waals surface area contributed by atoms with Crippen molar-refractivity contribution >= 4 is 11.1 Å². The Bertz CT molecular complexity index is 987. The van der Waals surface area contributed by atoms with E-state index in [0.717, 1.165) is 0 Å². The first-order chi connectivity index (χ1) is 14.4. The van der Waals surface area contributed by atoms with Crippen molar-refractivity contribution in [3.63, 3.8) is 0 Å². The van der Waals surface area contributed by atoms with Crippen molar-refractivity contribution in [1.82, 2.24) is 0 Å². The van der Waals surface area contributed by atoms with Gasteiger partial charge in [-0.15, -0.1) is 0 Å². The second kappa shape index (κ2) is 7.88. The Balaban J connectivity index is 3.34. The van der Waals surface area contributed by atoms with Crippen LogP contribution in [0.25, 0.3) is 11.1 Å². The number of alkyl halides is 6. The number of hydrogen-bond acceptors (Lipinski definition) is 0. The molecule has 0 radical (unpaired) electrons. The van der Waals surface area contributed by atoms with Gasteiger partial charge in [-0.05, 0) is 0 Å². The summed E-state index contributed by atoms with van der Waals surface area (Å²) < 4.78 is 215. The molecule has 0 aliphatic carbocycles. The Morgan fingerprint density at radius 1 is 0.312 bits per heavy atom. The van der Waals surface area contributed by atoms with E-state index >= 15 is 0 Å². The zero-order valence-electron chi connectivity index (χ0n) is 14.0. The number of hydrogen-bond donors (Lipinski definition) is 0. The van der Waals surface area contributed by atoms with E-state index in [-0.39, 0.29) is 0 Å². The van der Waals surface area contributed by atoms with Crippen molar-refractivity contribution in [3.05, 3.63) is 69.3 Å². The van der Waals surface area contributed by atoms with E-state index in [2.05, 4.69) is 0 Å². The van der Waals surface area contributed by atoms with Gasteiger partial charge >= 0.3 is 12.4 Å². The molecule has 0 fully saturated rings. The zero-order valence-corrected chi connectivity index (χ0v) is 14.0. The minimum absolute atomic E-state index is 3.12. The zero-order chi connectivity index (χ0) is 25.1. The molecule has 2 aromatic carbocycles. The lowest BCUT2D eigenvalue weighted by atomic mass is 9.91. The predicted molar refractivity (Wildman–Crippen MR) is 71.4 cm³/mol. The molecule has 2 aromatic rings. The molecule has 0 atom stereocenters. The quantitative estimate of drug-likeness (QED) is 0.180. The van der Waals surface area contributed by atoms with E-state index in [4.69, 9.17) is 0 Å². The largest absolute Gasteiger partial charge is 0.417 e. The summed E-state index contributed by atoms with van der Waals surface area (Å²) in [6.45, 7) is 0. The van der Waals surface area contributed by atoms with Crippen molar-refractivity contribution < 1.29 is 70.2 Å². The highest BCUT2D eigenvalue weighted by molar-refractivity contribution is 5.96. The van der Waals surface area contributed by atoms with Crippen LogP contribution in [0.5, 0.6) is 0 Å². The SMILES string of the molecule is Fc1c(F)c(F)c(/C(=C(\c2c(F)c(F)c(F)c(F)c2F)C(F)(F)F)C(F)(F)F)c(F)c1F. The molecule has 16 heteroatoms. The first-order valence-corrected chi connectivity index (χ1v) is 7.27. The standard InChI is InChI=1S/C16F16/c17-5-1(6(18)10(22)13(25)9(5)21)3(15(27,28)29)4(16(30,31)32)2-7(19)11(23)14(26)12(24)8(2)20/b4-3-. The van der Waals surface area contributed by atoms with E-state index in [1.165, 1.54) is 0 Å². The van der Waals surface area contributed by atoms with Crippen LogP contribution in [0, 0.1) is 58.2 Å². The molecule has 0 unspecified atom stereocenters. The molecular formula is C16F16. The molecule has 0 aliphatic rings. The Hall–Kier alpha value is -2.94. The second-order valence-corrected chi connectivity index (χ2v) is 5.64. The molecule has 176 valence electrons. The van der Waals surface area contributed by atoms with Crippen LogP contribution < -0.4 is 0 Å². The molecule has 0 N–H and O–H groups in total. The maximum absolute atomic E-state index is 13.9. The molecule has 32 heavy (non-hydrogen) atoms. The molecule has 0 saturated carbocycles. The van der Waals surface area contributed by atoms with Gasteiger partial charge in [-0.2, -0.15) is 26.3 Å². The number of benzene rings is 2. The topological polar surface area (TPSA) is 0 Å². The summed E-state index contributed by atoms with van der Waals surface area (Å²) in [4.78, 5) is 0. The third-order valence-electron chi connectivity index (χ3n) is 3.74. The minimum Gasteiger partial charge on any atom is -0.203 e. The summed E-state index contributed by atoms with van der Waals surface area (Å²) >= 11 is 0. The van der Waals surface area contributed by atoms with Crippen LogP contribution in [0.15, 0.2) is 0 Å². The summed E-state index contributed by atoms with van der Waals surface area (Å²) in [5.41, 5.74) is -14.6. The van der Waals surface area contributed by atoms with Gasteiger partial charge in [0, 0.05) is 0 Å². The lowest BCUT2D eigenvalue weighted by Gasteiger charge is -2.22. The van der Waals surface area contributed by atoms with Crippen LogP contribution in [-0.4, -0.2) is 12.4 Å². The van der Waals surface area contributed by atoms with Gasteiger partial charge in [0.1, 0.15) is 0 Å². The van der Waals surface area contributed by atoms with E-state index in [1.807, 2.05) is 0 Å². The van der Waals surface area contributed by atoms with Crippen molar-refractivity contribution in [1.29, 1.82) is 0 Å². The Morgan fingerprint density at radius 3 is 0.625 bits per heavy atom. The molecular weight excluding hydrogens is 496 g/mol. The first-order valence-electron chi connectivity index (χ1n) is 7.27. The Kier molecular flexibility index (Phi) is 6.24. The third-order valence-corrected chi connectivity index (χ3v) is 3.74. The van der Waals surface area contributed by atoms with Crippen LogP contribution in [0.4, 0.5) is 70.2 Å². The van der Waals surface area contributed by atoms with Crippen LogP contribution in [0.2, 0.25) is 0 Å². The number of halogens is 16. The highest BCUT2D eigenvalue weighted by Crippen LogP contribution is 2.50. The maximum Gasteiger partial charge on any atom is 0.417 e. The van der Waals surface area contributed by atoms with Crippen molar-refractivity contribution in [2.75, 3.05) is 0 Å². The normalized spacial score (nSPS) is 13.5. The summed E-state index contributed by atoms with van der Waals surface area (Å²) in [6.07, 6.45) is -13.6. The average molecular weight is 496 g/mol. The van der Waals surface area contributed by atoms with Crippen LogP contribution in [-0.2, 0) is 0 Å². The highest BCUT2D eigenvalue weighted by atomic mass is 19.4. The molecule has 0 saturated heterocycles. The smallest absolute Gasteiger partial charge is 0.203 e. The number of allylic oxidation sites excluding steroid dienone is 2. The lowest BCUT2D eigenvalue weighted by Crippen LogP contribution is -2.25. The van der Waals surface area contributed by atoms with Gasteiger partial charge in [-0.25, -0.2) is 43.9 Å². The molecule has 0 amide bonds. The van der Waals surface area contributed by atoms with Gasteiger partial charge < -0.3 is 0 Å². The summed E-state index contributed by atoms with van der Waals surface area (Å²) in [5.74, 6) is -33.1. The predicted octanol–water partition coefficient (Wildman–Crippen LogP) is 7.11. The third kappa shape index (κ3) is 3.85.